The second-order valence-corrected chi connectivity index (χ2v) is 19.6. The highest BCUT2D eigenvalue weighted by molar-refractivity contribution is 5.84. The van der Waals surface area contributed by atoms with E-state index in [1.807, 2.05) is 6.92 Å². The van der Waals surface area contributed by atoms with Crippen molar-refractivity contribution in [3.8, 4) is 0 Å². The molecule has 7 heteroatoms. The molecule has 0 bridgehead atoms. The topological polar surface area (TPSA) is 94.3 Å². The van der Waals surface area contributed by atoms with E-state index in [1.54, 1.807) is 6.92 Å². The predicted molar refractivity (Wildman–Crippen MR) is 187 cm³/mol. The van der Waals surface area contributed by atoms with E-state index in [2.05, 4.69) is 77.5 Å². The first-order chi connectivity index (χ1) is 22.3. The number of fused-ring (bicyclic) bond motifs is 7. The Morgan fingerprint density at radius 2 is 1.56 bits per heavy atom. The molecule has 6 aliphatic rings. The lowest BCUT2D eigenvalue weighted by Gasteiger charge is -2.73. The van der Waals surface area contributed by atoms with Crippen LogP contribution in [0.3, 0.4) is 0 Å². The van der Waals surface area contributed by atoms with Crippen LogP contribution in [0, 0.1) is 69.0 Å². The fourth-order valence-electron chi connectivity index (χ4n) is 14.3. The van der Waals surface area contributed by atoms with E-state index in [9.17, 15) is 9.59 Å². The highest BCUT2D eigenvalue weighted by Gasteiger charge is 2.72. The lowest BCUT2D eigenvalue weighted by atomic mass is 9.32. The van der Waals surface area contributed by atoms with Gasteiger partial charge in [-0.15, -0.1) is 10.2 Å². The number of aromatic nitrogens is 2. The number of amides is 1. The summed E-state index contributed by atoms with van der Waals surface area (Å²) in [5.74, 6) is 4.03. The molecule has 1 amide bonds. The number of esters is 1. The molecule has 12 atom stereocenters. The van der Waals surface area contributed by atoms with Gasteiger partial charge in [0, 0.05) is 31.2 Å². The molecule has 1 aromatic rings. The molecule has 0 spiro atoms. The predicted octanol–water partition coefficient (Wildman–Crippen LogP) is 8.97. The highest BCUT2D eigenvalue weighted by Crippen LogP contribution is 2.77. The van der Waals surface area contributed by atoms with Crippen molar-refractivity contribution in [3.05, 3.63) is 23.9 Å². The van der Waals surface area contributed by atoms with Crippen LogP contribution in [0.25, 0.3) is 0 Å². The molecule has 0 radical (unpaired) electrons. The van der Waals surface area contributed by atoms with Crippen molar-refractivity contribution < 1.29 is 18.7 Å². The standard InChI is InChI=1S/C41H63N3O4/c1-23(2)26-14-19-41(35(46)42-31-22-28(36(31,5)6)34-44-43-24(3)47-34)21-20-39(10)27(33(26)41)12-13-30-38(9)17-16-32(48-25(4)45)37(7,8)29(38)15-18-40(30,39)11/h26-33H,1,12-22H2,2-11H3,(H,42,46)/t26-,27+,28+,29-,30+,31+,32-,33+,38-,39+,40+,41-/m0/s1. The first-order valence-electron chi connectivity index (χ1n) is 19.3. The third-order valence-corrected chi connectivity index (χ3v) is 17.2. The van der Waals surface area contributed by atoms with Crippen molar-refractivity contribution in [3.63, 3.8) is 0 Å². The molecule has 6 fully saturated rings. The lowest BCUT2D eigenvalue weighted by molar-refractivity contribution is -0.249. The molecule has 1 aromatic heterocycles. The third kappa shape index (κ3) is 4.49. The van der Waals surface area contributed by atoms with Crippen LogP contribution in [0.2, 0.25) is 0 Å². The summed E-state index contributed by atoms with van der Waals surface area (Å²) in [7, 11) is 0. The van der Waals surface area contributed by atoms with Crippen molar-refractivity contribution in [2.45, 2.75) is 158 Å². The molecule has 0 saturated heterocycles. The Balaban J connectivity index is 1.17. The maximum absolute atomic E-state index is 14.8. The maximum Gasteiger partial charge on any atom is 0.302 e. The second kappa shape index (κ2) is 10.9. The van der Waals surface area contributed by atoms with Gasteiger partial charge in [0.25, 0.3) is 0 Å². The fraction of sp³-hybridized carbons (Fsp3) is 0.854. The summed E-state index contributed by atoms with van der Waals surface area (Å²) in [6.45, 7) is 27.3. The smallest absolute Gasteiger partial charge is 0.302 e. The zero-order valence-electron chi connectivity index (χ0n) is 31.6. The van der Waals surface area contributed by atoms with Crippen LogP contribution in [0.4, 0.5) is 0 Å². The Morgan fingerprint density at radius 1 is 0.833 bits per heavy atom. The molecule has 266 valence electrons. The number of ether oxygens (including phenoxy) is 1. The van der Waals surface area contributed by atoms with Gasteiger partial charge in [0.2, 0.25) is 17.7 Å². The number of aryl methyl sites for hydroxylation is 1. The van der Waals surface area contributed by atoms with Crippen molar-refractivity contribution in [2.24, 2.45) is 62.1 Å². The highest BCUT2D eigenvalue weighted by atomic mass is 16.5. The minimum Gasteiger partial charge on any atom is -0.462 e. The third-order valence-electron chi connectivity index (χ3n) is 17.2. The summed E-state index contributed by atoms with van der Waals surface area (Å²) in [4.78, 5) is 26.9. The number of carbonyl (C=O) groups excluding carboxylic acids is 2. The minimum atomic E-state index is -0.329. The molecule has 1 heterocycles. The van der Waals surface area contributed by atoms with Gasteiger partial charge in [-0.25, -0.2) is 0 Å². The van der Waals surface area contributed by atoms with E-state index < -0.39 is 0 Å². The van der Waals surface area contributed by atoms with E-state index in [0.29, 0.717) is 47.3 Å². The van der Waals surface area contributed by atoms with E-state index in [-0.39, 0.29) is 56.5 Å². The summed E-state index contributed by atoms with van der Waals surface area (Å²) >= 11 is 0. The Labute approximate surface area is 289 Å². The first-order valence-corrected chi connectivity index (χ1v) is 19.3. The largest absolute Gasteiger partial charge is 0.462 e. The number of hydrogen-bond donors (Lipinski definition) is 1. The normalized spacial score (nSPS) is 47.0. The molecule has 6 saturated carbocycles. The average Bonchev–Trinajstić information content (AvgIpc) is 3.61. The van der Waals surface area contributed by atoms with E-state index in [1.165, 1.54) is 31.3 Å². The Morgan fingerprint density at radius 3 is 2.19 bits per heavy atom. The van der Waals surface area contributed by atoms with Gasteiger partial charge in [-0.3, -0.25) is 9.59 Å². The SMILES string of the molecule is C=C(C)[C@@H]1CC[C@]2(C(=O)N[C@@H]3C[C@H](c4nnc(C)o4)C3(C)C)CC[C@]3(C)[C@H](CC[C@@H]4[C@@]5(C)CC[C@H](OC(C)=O)C(C)(C)[C@@H]5CC[C@]43C)[C@@H]12. The fourth-order valence-corrected chi connectivity index (χ4v) is 14.3. The summed E-state index contributed by atoms with van der Waals surface area (Å²) in [6, 6.07) is 0.100. The molecular weight excluding hydrogens is 598 g/mol. The molecule has 0 aliphatic heterocycles. The van der Waals surface area contributed by atoms with Crippen LogP contribution in [0.1, 0.15) is 151 Å². The van der Waals surface area contributed by atoms with Crippen LogP contribution in [-0.4, -0.2) is 34.2 Å². The quantitative estimate of drug-likeness (QED) is 0.250. The minimum absolute atomic E-state index is 0.0000298. The first kappa shape index (κ1) is 34.3. The van der Waals surface area contributed by atoms with Crippen LogP contribution >= 0.6 is 0 Å². The van der Waals surface area contributed by atoms with Gasteiger partial charge >= 0.3 is 5.97 Å². The summed E-state index contributed by atoms with van der Waals surface area (Å²) in [5, 5.41) is 12.1. The van der Waals surface area contributed by atoms with E-state index >= 15 is 0 Å². The maximum atomic E-state index is 14.8. The van der Waals surface area contributed by atoms with Crippen LogP contribution in [-0.2, 0) is 14.3 Å². The van der Waals surface area contributed by atoms with E-state index in [0.717, 1.165) is 44.9 Å². The molecule has 48 heavy (non-hydrogen) atoms. The summed E-state index contributed by atoms with van der Waals surface area (Å²) in [5.41, 5.74) is 1.36. The number of hydrogen-bond acceptors (Lipinski definition) is 6. The molecule has 1 N–H and O–H groups in total. The number of nitrogens with zero attached hydrogens (tertiary/aromatic N) is 2. The molecule has 7 nitrogen and oxygen atoms in total. The number of nitrogens with one attached hydrogen (secondary N) is 1. The molecule has 7 rings (SSSR count). The molecule has 6 aliphatic carbocycles. The number of carbonyl (C=O) groups is 2. The Bertz CT molecular complexity index is 1500. The van der Waals surface area contributed by atoms with Crippen molar-refractivity contribution >= 4 is 11.9 Å². The van der Waals surface area contributed by atoms with Gasteiger partial charge in [-0.1, -0.05) is 60.6 Å². The van der Waals surface area contributed by atoms with Crippen LogP contribution in [0.15, 0.2) is 16.6 Å². The molecular formula is C41H63N3O4. The Hall–Kier alpha value is -2.18. The van der Waals surface area contributed by atoms with Gasteiger partial charge in [0.1, 0.15) is 6.10 Å². The summed E-state index contributed by atoms with van der Waals surface area (Å²) in [6.07, 6.45) is 11.9. The monoisotopic (exact) mass is 661 g/mol. The van der Waals surface area contributed by atoms with Crippen LogP contribution < -0.4 is 5.32 Å². The zero-order valence-corrected chi connectivity index (χ0v) is 31.6. The van der Waals surface area contributed by atoms with Gasteiger partial charge < -0.3 is 14.5 Å². The van der Waals surface area contributed by atoms with Gasteiger partial charge in [-0.05, 0) is 129 Å². The van der Waals surface area contributed by atoms with Crippen molar-refractivity contribution in [1.82, 2.24) is 15.5 Å². The van der Waals surface area contributed by atoms with Crippen molar-refractivity contribution in [1.29, 1.82) is 0 Å². The van der Waals surface area contributed by atoms with Gasteiger partial charge in [0.15, 0.2) is 0 Å². The van der Waals surface area contributed by atoms with Gasteiger partial charge in [0.05, 0.1) is 5.41 Å². The average molecular weight is 662 g/mol. The van der Waals surface area contributed by atoms with E-state index in [4.69, 9.17) is 9.15 Å². The summed E-state index contributed by atoms with van der Waals surface area (Å²) < 4.78 is 11.8. The number of rotatable bonds is 5. The lowest BCUT2D eigenvalue weighted by Crippen LogP contribution is -2.68. The Kier molecular flexibility index (Phi) is 7.79. The molecule has 0 aromatic carbocycles. The second-order valence-electron chi connectivity index (χ2n) is 19.6. The van der Waals surface area contributed by atoms with Crippen molar-refractivity contribution in [2.75, 3.05) is 0 Å². The van der Waals surface area contributed by atoms with Gasteiger partial charge in [-0.2, -0.15) is 0 Å². The number of allylic oxidation sites excluding steroid dienone is 1. The van der Waals surface area contributed by atoms with Crippen LogP contribution in [0.5, 0.6) is 0 Å². The zero-order chi connectivity index (χ0) is 34.8. The molecule has 0 unspecified atom stereocenters.